The molecule has 0 bridgehead atoms. The lowest BCUT2D eigenvalue weighted by Crippen LogP contribution is -2.12. The highest BCUT2D eigenvalue weighted by atomic mass is 79.9. The van der Waals surface area contributed by atoms with Crippen molar-refractivity contribution in [3.05, 3.63) is 51.8 Å². The van der Waals surface area contributed by atoms with Crippen molar-refractivity contribution in [3.63, 3.8) is 0 Å². The largest absolute Gasteiger partial charge is 0.343 e. The molecule has 0 aliphatic carbocycles. The van der Waals surface area contributed by atoms with Gasteiger partial charge in [0.1, 0.15) is 0 Å². The zero-order valence-corrected chi connectivity index (χ0v) is 12.4. The standard InChI is InChI=1S/C13H8BrClN4O/c14-9-5-7(1-2-10(9)15)19-13(20)8-3-4-16-12-11(8)17-6-18-12/h1-6H,(H,19,20)(H,16,17,18). The van der Waals surface area contributed by atoms with Gasteiger partial charge in [-0.05, 0) is 40.2 Å². The molecule has 20 heavy (non-hydrogen) atoms. The van der Waals surface area contributed by atoms with Crippen LogP contribution in [0.15, 0.2) is 41.3 Å². The van der Waals surface area contributed by atoms with E-state index in [-0.39, 0.29) is 5.91 Å². The Hall–Kier alpha value is -1.92. The fourth-order valence-corrected chi connectivity index (χ4v) is 2.31. The molecule has 0 aliphatic rings. The molecule has 0 atom stereocenters. The van der Waals surface area contributed by atoms with Gasteiger partial charge in [-0.15, -0.1) is 0 Å². The summed E-state index contributed by atoms with van der Waals surface area (Å²) >= 11 is 9.23. The Bertz CT molecular complexity index is 802. The van der Waals surface area contributed by atoms with E-state index in [0.29, 0.717) is 27.4 Å². The van der Waals surface area contributed by atoms with Crippen molar-refractivity contribution >= 4 is 50.3 Å². The van der Waals surface area contributed by atoms with Gasteiger partial charge in [0.2, 0.25) is 0 Å². The molecule has 3 aromatic rings. The number of anilines is 1. The van der Waals surface area contributed by atoms with Gasteiger partial charge in [-0.25, -0.2) is 9.97 Å². The molecule has 5 nitrogen and oxygen atoms in total. The Balaban J connectivity index is 1.93. The van der Waals surface area contributed by atoms with Gasteiger partial charge < -0.3 is 10.3 Å². The molecule has 0 aliphatic heterocycles. The first-order chi connectivity index (χ1) is 9.65. The Morgan fingerprint density at radius 1 is 1.30 bits per heavy atom. The zero-order chi connectivity index (χ0) is 14.1. The van der Waals surface area contributed by atoms with Crippen molar-refractivity contribution in [2.45, 2.75) is 0 Å². The number of H-pyrrole nitrogens is 1. The molecule has 2 heterocycles. The van der Waals surface area contributed by atoms with Crippen LogP contribution in [0.1, 0.15) is 10.4 Å². The lowest BCUT2D eigenvalue weighted by atomic mass is 10.2. The van der Waals surface area contributed by atoms with Crippen molar-refractivity contribution in [2.75, 3.05) is 5.32 Å². The van der Waals surface area contributed by atoms with Crippen molar-refractivity contribution in [1.29, 1.82) is 0 Å². The quantitative estimate of drug-likeness (QED) is 0.740. The molecule has 0 saturated carbocycles. The van der Waals surface area contributed by atoms with Crippen LogP contribution in [-0.4, -0.2) is 20.9 Å². The third-order valence-electron chi connectivity index (χ3n) is 2.75. The van der Waals surface area contributed by atoms with Crippen LogP contribution < -0.4 is 5.32 Å². The molecule has 7 heteroatoms. The minimum Gasteiger partial charge on any atom is -0.343 e. The van der Waals surface area contributed by atoms with Gasteiger partial charge in [0.15, 0.2) is 5.65 Å². The molecule has 0 unspecified atom stereocenters. The summed E-state index contributed by atoms with van der Waals surface area (Å²) in [4.78, 5) is 23.3. The molecule has 0 fully saturated rings. The summed E-state index contributed by atoms with van der Waals surface area (Å²) in [5.41, 5.74) is 2.25. The van der Waals surface area contributed by atoms with Crippen molar-refractivity contribution in [2.24, 2.45) is 0 Å². The number of pyridine rings is 1. The van der Waals surface area contributed by atoms with E-state index in [9.17, 15) is 4.79 Å². The van der Waals surface area contributed by atoms with Gasteiger partial charge in [0.25, 0.3) is 5.91 Å². The first-order valence-electron chi connectivity index (χ1n) is 5.69. The molecule has 1 amide bonds. The van der Waals surface area contributed by atoms with Crippen LogP contribution in [0.25, 0.3) is 11.2 Å². The summed E-state index contributed by atoms with van der Waals surface area (Å²) in [6.07, 6.45) is 3.06. The molecular weight excluding hydrogens is 344 g/mol. The molecule has 0 radical (unpaired) electrons. The summed E-state index contributed by atoms with van der Waals surface area (Å²) in [7, 11) is 0. The normalized spacial score (nSPS) is 10.7. The average molecular weight is 352 g/mol. The smallest absolute Gasteiger partial charge is 0.257 e. The molecule has 100 valence electrons. The van der Waals surface area contributed by atoms with E-state index < -0.39 is 0 Å². The van der Waals surface area contributed by atoms with Crippen molar-refractivity contribution in [3.8, 4) is 0 Å². The van der Waals surface area contributed by atoms with Gasteiger partial charge in [-0.2, -0.15) is 0 Å². The maximum Gasteiger partial charge on any atom is 0.257 e. The van der Waals surface area contributed by atoms with Crippen LogP contribution in [0.4, 0.5) is 5.69 Å². The molecule has 3 rings (SSSR count). The Morgan fingerprint density at radius 3 is 2.95 bits per heavy atom. The van der Waals surface area contributed by atoms with Gasteiger partial charge in [-0.1, -0.05) is 11.6 Å². The van der Waals surface area contributed by atoms with E-state index in [0.717, 1.165) is 4.47 Å². The monoisotopic (exact) mass is 350 g/mol. The fraction of sp³-hybridized carbons (Fsp3) is 0. The number of rotatable bonds is 2. The number of imidazole rings is 1. The number of nitrogens with one attached hydrogen (secondary N) is 2. The number of hydrogen-bond acceptors (Lipinski definition) is 3. The van der Waals surface area contributed by atoms with Gasteiger partial charge in [-0.3, -0.25) is 4.79 Å². The molecule has 2 N–H and O–H groups in total. The van der Waals surface area contributed by atoms with Gasteiger partial charge >= 0.3 is 0 Å². The number of fused-ring (bicyclic) bond motifs is 1. The van der Waals surface area contributed by atoms with Crippen LogP contribution >= 0.6 is 27.5 Å². The predicted octanol–water partition coefficient (Wildman–Crippen LogP) is 3.63. The Morgan fingerprint density at radius 2 is 2.15 bits per heavy atom. The van der Waals surface area contributed by atoms with Crippen LogP contribution in [0.2, 0.25) is 5.02 Å². The zero-order valence-electron chi connectivity index (χ0n) is 10.0. The topological polar surface area (TPSA) is 70.7 Å². The van der Waals surface area contributed by atoms with E-state index in [1.165, 1.54) is 6.33 Å². The minimum absolute atomic E-state index is 0.240. The molecule has 0 spiro atoms. The number of hydrogen-bond donors (Lipinski definition) is 2. The van der Waals surface area contributed by atoms with Crippen LogP contribution in [0, 0.1) is 0 Å². The molecule has 2 aromatic heterocycles. The van der Waals surface area contributed by atoms with E-state index in [4.69, 9.17) is 11.6 Å². The highest BCUT2D eigenvalue weighted by molar-refractivity contribution is 9.10. The Kier molecular flexibility index (Phi) is 3.42. The summed E-state index contributed by atoms with van der Waals surface area (Å²) < 4.78 is 0.721. The maximum atomic E-state index is 12.3. The third kappa shape index (κ3) is 2.39. The summed E-state index contributed by atoms with van der Waals surface area (Å²) in [5.74, 6) is -0.240. The minimum atomic E-state index is -0.240. The summed E-state index contributed by atoms with van der Waals surface area (Å²) in [5, 5.41) is 3.39. The second-order valence-corrected chi connectivity index (χ2v) is 5.30. The number of aromatic amines is 1. The predicted molar refractivity (Wildman–Crippen MR) is 81.0 cm³/mol. The SMILES string of the molecule is O=C(Nc1ccc(Cl)c(Br)c1)c1ccnc2nc[nH]c12. The van der Waals surface area contributed by atoms with Crippen molar-refractivity contribution in [1.82, 2.24) is 15.0 Å². The van der Waals surface area contributed by atoms with Gasteiger partial charge in [0, 0.05) is 16.4 Å². The number of halogens is 2. The number of carbonyl (C=O) groups is 1. The molecule has 1 aromatic carbocycles. The molecular formula is C13H8BrClN4O. The maximum absolute atomic E-state index is 12.3. The highest BCUT2D eigenvalue weighted by Crippen LogP contribution is 2.26. The van der Waals surface area contributed by atoms with Gasteiger partial charge in [0.05, 0.1) is 22.4 Å². The van der Waals surface area contributed by atoms with E-state index in [1.54, 1.807) is 30.5 Å². The second-order valence-electron chi connectivity index (χ2n) is 4.04. The number of carbonyl (C=O) groups excluding carboxylic acids is 1. The van der Waals surface area contributed by atoms with E-state index in [2.05, 4.69) is 36.2 Å². The fourth-order valence-electron chi connectivity index (χ4n) is 1.81. The third-order valence-corrected chi connectivity index (χ3v) is 3.96. The van der Waals surface area contributed by atoms with Crippen LogP contribution in [0.5, 0.6) is 0 Å². The number of aromatic nitrogens is 3. The lowest BCUT2D eigenvalue weighted by molar-refractivity contribution is 0.102. The van der Waals surface area contributed by atoms with Crippen LogP contribution in [-0.2, 0) is 0 Å². The lowest BCUT2D eigenvalue weighted by Gasteiger charge is -2.07. The Labute approximate surface area is 127 Å². The second kappa shape index (κ2) is 5.22. The number of benzene rings is 1. The summed E-state index contributed by atoms with van der Waals surface area (Å²) in [6.45, 7) is 0. The molecule has 0 saturated heterocycles. The number of nitrogens with zero attached hydrogens (tertiary/aromatic N) is 2. The number of amides is 1. The summed E-state index contributed by atoms with van der Waals surface area (Å²) in [6, 6.07) is 6.82. The van der Waals surface area contributed by atoms with Crippen molar-refractivity contribution < 1.29 is 4.79 Å². The van der Waals surface area contributed by atoms with E-state index in [1.807, 2.05) is 0 Å². The average Bonchev–Trinajstić information content (AvgIpc) is 2.91. The first kappa shape index (κ1) is 13.1. The van der Waals surface area contributed by atoms with E-state index >= 15 is 0 Å². The highest BCUT2D eigenvalue weighted by Gasteiger charge is 2.12. The first-order valence-corrected chi connectivity index (χ1v) is 6.87. The van der Waals surface area contributed by atoms with Crippen LogP contribution in [0.3, 0.4) is 0 Å².